The van der Waals surface area contributed by atoms with E-state index in [1.165, 1.54) is 12.3 Å². The SMILES string of the molecule is O=C(O)c1ccnc(NCCN2CCNCC2)c1. The van der Waals surface area contributed by atoms with Crippen LogP contribution in [-0.4, -0.2) is 60.2 Å². The van der Waals surface area contributed by atoms with Gasteiger partial charge in [0.05, 0.1) is 5.56 Å². The minimum Gasteiger partial charge on any atom is -0.478 e. The molecule has 0 bridgehead atoms. The summed E-state index contributed by atoms with van der Waals surface area (Å²) in [6.45, 7) is 5.91. The highest BCUT2D eigenvalue weighted by atomic mass is 16.4. The van der Waals surface area contributed by atoms with Crippen LogP contribution in [0.5, 0.6) is 0 Å². The van der Waals surface area contributed by atoms with E-state index in [0.29, 0.717) is 5.82 Å². The van der Waals surface area contributed by atoms with Crippen molar-refractivity contribution in [3.63, 3.8) is 0 Å². The maximum atomic E-state index is 10.8. The molecule has 0 spiro atoms. The number of aromatic carboxylic acids is 1. The number of piperazine rings is 1. The van der Waals surface area contributed by atoms with Gasteiger partial charge >= 0.3 is 5.97 Å². The second-order valence-corrected chi connectivity index (χ2v) is 4.25. The average Bonchev–Trinajstić information content (AvgIpc) is 2.40. The van der Waals surface area contributed by atoms with Crippen molar-refractivity contribution in [3.05, 3.63) is 23.9 Å². The van der Waals surface area contributed by atoms with Crippen molar-refractivity contribution in [2.24, 2.45) is 0 Å². The van der Waals surface area contributed by atoms with Crippen LogP contribution in [-0.2, 0) is 0 Å². The first-order valence-corrected chi connectivity index (χ1v) is 6.12. The highest BCUT2D eigenvalue weighted by Crippen LogP contribution is 2.06. The molecule has 1 aromatic heterocycles. The van der Waals surface area contributed by atoms with E-state index < -0.39 is 5.97 Å². The topological polar surface area (TPSA) is 77.5 Å². The molecule has 1 aromatic rings. The van der Waals surface area contributed by atoms with E-state index in [-0.39, 0.29) is 5.56 Å². The van der Waals surface area contributed by atoms with Crippen LogP contribution >= 0.6 is 0 Å². The number of pyridine rings is 1. The van der Waals surface area contributed by atoms with E-state index in [2.05, 4.69) is 20.5 Å². The van der Waals surface area contributed by atoms with Gasteiger partial charge in [-0.15, -0.1) is 0 Å². The monoisotopic (exact) mass is 250 g/mol. The van der Waals surface area contributed by atoms with Crippen LogP contribution in [0, 0.1) is 0 Å². The normalized spacial score (nSPS) is 16.4. The Morgan fingerprint density at radius 1 is 1.50 bits per heavy atom. The van der Waals surface area contributed by atoms with Gasteiger partial charge in [-0.3, -0.25) is 4.90 Å². The number of nitrogens with one attached hydrogen (secondary N) is 2. The minimum atomic E-state index is -0.928. The van der Waals surface area contributed by atoms with Gasteiger partial charge in [-0.25, -0.2) is 9.78 Å². The summed E-state index contributed by atoms with van der Waals surface area (Å²) in [5, 5.41) is 15.3. The van der Waals surface area contributed by atoms with Crippen molar-refractivity contribution in [3.8, 4) is 0 Å². The van der Waals surface area contributed by atoms with Crippen LogP contribution in [0.1, 0.15) is 10.4 Å². The molecular weight excluding hydrogens is 232 g/mol. The molecule has 3 N–H and O–H groups in total. The predicted molar refractivity (Wildman–Crippen MR) is 69.0 cm³/mol. The molecule has 0 unspecified atom stereocenters. The maximum absolute atomic E-state index is 10.8. The van der Waals surface area contributed by atoms with Crippen LogP contribution < -0.4 is 10.6 Å². The van der Waals surface area contributed by atoms with E-state index in [9.17, 15) is 4.79 Å². The van der Waals surface area contributed by atoms with Gasteiger partial charge < -0.3 is 15.7 Å². The first-order chi connectivity index (χ1) is 8.75. The Morgan fingerprint density at radius 3 is 3.00 bits per heavy atom. The van der Waals surface area contributed by atoms with Gasteiger partial charge in [0.2, 0.25) is 0 Å². The third kappa shape index (κ3) is 3.68. The van der Waals surface area contributed by atoms with Crippen LogP contribution in [0.2, 0.25) is 0 Å². The molecule has 2 rings (SSSR count). The highest BCUT2D eigenvalue weighted by molar-refractivity contribution is 5.88. The third-order valence-electron chi connectivity index (χ3n) is 2.95. The van der Waals surface area contributed by atoms with Crippen LogP contribution in [0.3, 0.4) is 0 Å². The highest BCUT2D eigenvalue weighted by Gasteiger charge is 2.09. The maximum Gasteiger partial charge on any atom is 0.335 e. The number of anilines is 1. The summed E-state index contributed by atoms with van der Waals surface area (Å²) >= 11 is 0. The molecule has 1 fully saturated rings. The molecule has 98 valence electrons. The molecule has 1 aliphatic rings. The molecule has 1 saturated heterocycles. The van der Waals surface area contributed by atoms with Gasteiger partial charge in [-0.2, -0.15) is 0 Å². The van der Waals surface area contributed by atoms with Gasteiger partial charge in [0, 0.05) is 45.5 Å². The van der Waals surface area contributed by atoms with Gasteiger partial charge in [-0.1, -0.05) is 0 Å². The second-order valence-electron chi connectivity index (χ2n) is 4.25. The zero-order valence-electron chi connectivity index (χ0n) is 10.2. The lowest BCUT2D eigenvalue weighted by Gasteiger charge is -2.27. The van der Waals surface area contributed by atoms with Crippen LogP contribution in [0.15, 0.2) is 18.3 Å². The Hall–Kier alpha value is -1.66. The standard InChI is InChI=1S/C12H18N4O2/c17-12(18)10-1-2-14-11(9-10)15-5-8-16-6-3-13-4-7-16/h1-2,9,13H,3-8H2,(H,14,15)(H,17,18). The Kier molecular flexibility index (Phi) is 4.49. The second kappa shape index (κ2) is 6.32. The fourth-order valence-electron chi connectivity index (χ4n) is 1.94. The van der Waals surface area contributed by atoms with Crippen molar-refractivity contribution in [1.82, 2.24) is 15.2 Å². The quantitative estimate of drug-likeness (QED) is 0.688. The Bertz CT molecular complexity index is 405. The number of carbonyl (C=O) groups is 1. The van der Waals surface area contributed by atoms with E-state index in [1.54, 1.807) is 6.07 Å². The lowest BCUT2D eigenvalue weighted by Crippen LogP contribution is -2.45. The molecule has 6 nitrogen and oxygen atoms in total. The first kappa shape index (κ1) is 12.8. The van der Waals surface area contributed by atoms with Gasteiger partial charge in [0.1, 0.15) is 5.82 Å². The number of carboxylic acid groups (broad SMARTS) is 1. The Labute approximate surface area is 106 Å². The predicted octanol–water partition coefficient (Wildman–Crippen LogP) is 0.0969. The number of hydrogen-bond donors (Lipinski definition) is 3. The number of aromatic nitrogens is 1. The fourth-order valence-corrected chi connectivity index (χ4v) is 1.94. The molecule has 1 aliphatic heterocycles. The summed E-state index contributed by atoms with van der Waals surface area (Å²) < 4.78 is 0. The minimum absolute atomic E-state index is 0.259. The van der Waals surface area contributed by atoms with Gasteiger partial charge in [0.25, 0.3) is 0 Å². The molecule has 2 heterocycles. The van der Waals surface area contributed by atoms with Gasteiger partial charge in [0.15, 0.2) is 0 Å². The molecule has 0 saturated carbocycles. The van der Waals surface area contributed by atoms with Crippen molar-refractivity contribution >= 4 is 11.8 Å². The van der Waals surface area contributed by atoms with E-state index in [0.717, 1.165) is 39.3 Å². The van der Waals surface area contributed by atoms with Crippen LogP contribution in [0.25, 0.3) is 0 Å². The zero-order valence-corrected chi connectivity index (χ0v) is 10.2. The largest absolute Gasteiger partial charge is 0.478 e. The number of hydrogen-bond acceptors (Lipinski definition) is 5. The molecular formula is C12H18N4O2. The summed E-state index contributed by atoms with van der Waals surface area (Å²) in [7, 11) is 0. The third-order valence-corrected chi connectivity index (χ3v) is 2.95. The summed E-state index contributed by atoms with van der Waals surface area (Å²) in [5.41, 5.74) is 0.259. The molecule has 6 heteroatoms. The molecule has 18 heavy (non-hydrogen) atoms. The lowest BCUT2D eigenvalue weighted by molar-refractivity contribution is 0.0697. The van der Waals surface area contributed by atoms with E-state index in [1.807, 2.05) is 0 Å². The average molecular weight is 250 g/mol. The first-order valence-electron chi connectivity index (χ1n) is 6.12. The van der Waals surface area contributed by atoms with Crippen LogP contribution in [0.4, 0.5) is 5.82 Å². The summed E-state index contributed by atoms with van der Waals surface area (Å²) in [6, 6.07) is 3.05. The summed E-state index contributed by atoms with van der Waals surface area (Å²) in [6.07, 6.45) is 1.51. The molecule has 0 aliphatic carbocycles. The van der Waals surface area contributed by atoms with E-state index >= 15 is 0 Å². The molecule has 0 amide bonds. The number of nitrogens with zero attached hydrogens (tertiary/aromatic N) is 2. The number of rotatable bonds is 5. The lowest BCUT2D eigenvalue weighted by atomic mass is 10.2. The molecule has 0 atom stereocenters. The van der Waals surface area contributed by atoms with Crippen molar-refractivity contribution in [2.45, 2.75) is 0 Å². The smallest absolute Gasteiger partial charge is 0.335 e. The van der Waals surface area contributed by atoms with E-state index in [4.69, 9.17) is 5.11 Å². The van der Waals surface area contributed by atoms with Gasteiger partial charge in [-0.05, 0) is 12.1 Å². The Morgan fingerprint density at radius 2 is 2.28 bits per heavy atom. The molecule has 0 radical (unpaired) electrons. The summed E-state index contributed by atoms with van der Waals surface area (Å²) in [5.74, 6) is -0.312. The zero-order chi connectivity index (χ0) is 12.8. The molecule has 0 aromatic carbocycles. The fraction of sp³-hybridized carbons (Fsp3) is 0.500. The van der Waals surface area contributed by atoms with Crippen molar-refractivity contribution < 1.29 is 9.90 Å². The van der Waals surface area contributed by atoms with Crippen molar-refractivity contribution in [2.75, 3.05) is 44.6 Å². The number of carboxylic acids is 1. The summed E-state index contributed by atoms with van der Waals surface area (Å²) in [4.78, 5) is 17.3. The van der Waals surface area contributed by atoms with Crippen molar-refractivity contribution in [1.29, 1.82) is 0 Å². The Balaban J connectivity index is 1.78.